The zero-order valence-corrected chi connectivity index (χ0v) is 11.4. The molecule has 1 aromatic heterocycles. The third-order valence-corrected chi connectivity index (χ3v) is 4.91. The van der Waals surface area contributed by atoms with E-state index in [2.05, 4.69) is 21.2 Å². The molecule has 3 heterocycles. The number of halogens is 1. The van der Waals surface area contributed by atoms with Crippen molar-refractivity contribution in [2.45, 2.75) is 12.6 Å². The second-order valence-corrected chi connectivity index (χ2v) is 6.63. The molecule has 2 aliphatic heterocycles. The molecule has 2 fully saturated rings. The first-order valence-electron chi connectivity index (χ1n) is 6.22. The van der Waals surface area contributed by atoms with E-state index < -0.39 is 0 Å². The Balaban J connectivity index is 1.47. The summed E-state index contributed by atoms with van der Waals surface area (Å²) in [5, 5.41) is 3.34. The predicted octanol–water partition coefficient (Wildman–Crippen LogP) is 1.49. The summed E-state index contributed by atoms with van der Waals surface area (Å²) in [5.41, 5.74) is 0. The average molecular weight is 272 g/mol. The van der Waals surface area contributed by atoms with Gasteiger partial charge in [-0.2, -0.15) is 0 Å². The van der Waals surface area contributed by atoms with Crippen molar-refractivity contribution in [2.24, 2.45) is 0 Å². The molecule has 2 aliphatic rings. The van der Waals surface area contributed by atoms with Crippen LogP contribution in [0.2, 0.25) is 4.34 Å². The van der Waals surface area contributed by atoms with Crippen molar-refractivity contribution in [3.05, 3.63) is 21.3 Å². The van der Waals surface area contributed by atoms with Gasteiger partial charge in [-0.15, -0.1) is 11.3 Å². The Labute approximate surface area is 111 Å². The molecule has 0 aliphatic carbocycles. The maximum atomic E-state index is 5.95. The summed E-state index contributed by atoms with van der Waals surface area (Å²) >= 11 is 7.66. The summed E-state index contributed by atoms with van der Waals surface area (Å²) in [4.78, 5) is 6.54. The lowest BCUT2D eigenvalue weighted by Gasteiger charge is -2.43. The normalized spacial score (nSPS) is 23.8. The number of nitrogens with zero attached hydrogens (tertiary/aromatic N) is 2. The fraction of sp³-hybridized carbons (Fsp3) is 0.667. The van der Waals surface area contributed by atoms with Crippen LogP contribution in [-0.4, -0.2) is 55.1 Å². The Kier molecular flexibility index (Phi) is 3.68. The first-order chi connectivity index (χ1) is 8.31. The number of nitrogens with one attached hydrogen (secondary N) is 1. The molecule has 94 valence electrons. The number of piperazine rings is 1. The molecular formula is C12H18ClN3S. The van der Waals surface area contributed by atoms with Gasteiger partial charge < -0.3 is 5.32 Å². The summed E-state index contributed by atoms with van der Waals surface area (Å²) in [7, 11) is 0. The van der Waals surface area contributed by atoms with Crippen molar-refractivity contribution < 1.29 is 0 Å². The lowest BCUT2D eigenvalue weighted by Crippen LogP contribution is -2.61. The van der Waals surface area contributed by atoms with Crippen LogP contribution in [0.25, 0.3) is 0 Å². The van der Waals surface area contributed by atoms with Gasteiger partial charge in [0, 0.05) is 56.7 Å². The van der Waals surface area contributed by atoms with Crippen molar-refractivity contribution >= 4 is 22.9 Å². The molecule has 3 rings (SSSR count). The van der Waals surface area contributed by atoms with Crippen molar-refractivity contribution in [1.29, 1.82) is 0 Å². The van der Waals surface area contributed by atoms with Gasteiger partial charge in [0.15, 0.2) is 0 Å². The van der Waals surface area contributed by atoms with Crippen LogP contribution in [0.15, 0.2) is 12.1 Å². The molecule has 0 atom stereocenters. The van der Waals surface area contributed by atoms with E-state index in [-0.39, 0.29) is 0 Å². The van der Waals surface area contributed by atoms with Crippen molar-refractivity contribution in [3.8, 4) is 0 Å². The van der Waals surface area contributed by atoms with Gasteiger partial charge in [0.1, 0.15) is 0 Å². The molecule has 17 heavy (non-hydrogen) atoms. The van der Waals surface area contributed by atoms with E-state index in [0.29, 0.717) is 0 Å². The summed E-state index contributed by atoms with van der Waals surface area (Å²) in [6, 6.07) is 4.95. The second kappa shape index (κ2) is 5.24. The second-order valence-electron chi connectivity index (χ2n) is 4.83. The van der Waals surface area contributed by atoms with E-state index in [1.54, 1.807) is 11.3 Å². The van der Waals surface area contributed by atoms with E-state index in [4.69, 9.17) is 11.6 Å². The minimum atomic E-state index is 0.799. The van der Waals surface area contributed by atoms with E-state index >= 15 is 0 Å². The lowest BCUT2D eigenvalue weighted by atomic mass is 10.1. The van der Waals surface area contributed by atoms with Crippen LogP contribution in [0.4, 0.5) is 0 Å². The van der Waals surface area contributed by atoms with Crippen LogP contribution in [-0.2, 0) is 6.54 Å². The number of hydrogen-bond acceptors (Lipinski definition) is 4. The standard InChI is InChI=1S/C12H18ClN3S/c13-12-2-1-11(17-12)9-15-3-5-16(6-4-15)10-7-14-8-10/h1-2,10,14H,3-9H2. The molecule has 0 saturated carbocycles. The fourth-order valence-corrected chi connectivity index (χ4v) is 3.61. The summed E-state index contributed by atoms with van der Waals surface area (Å²) in [5.74, 6) is 0. The van der Waals surface area contributed by atoms with E-state index in [1.165, 1.54) is 44.1 Å². The summed E-state index contributed by atoms with van der Waals surface area (Å²) in [6.07, 6.45) is 0. The van der Waals surface area contributed by atoms with Gasteiger partial charge in [-0.25, -0.2) is 0 Å². The maximum absolute atomic E-state index is 5.95. The van der Waals surface area contributed by atoms with Gasteiger partial charge in [-0.3, -0.25) is 9.80 Å². The molecule has 0 spiro atoms. The van der Waals surface area contributed by atoms with Gasteiger partial charge in [-0.1, -0.05) is 11.6 Å². The SMILES string of the molecule is Clc1ccc(CN2CCN(C3CNC3)CC2)s1. The molecule has 0 radical (unpaired) electrons. The number of hydrogen-bond donors (Lipinski definition) is 1. The lowest BCUT2D eigenvalue weighted by molar-refractivity contribution is 0.0700. The average Bonchev–Trinajstić information content (AvgIpc) is 2.64. The molecule has 2 saturated heterocycles. The molecule has 0 bridgehead atoms. The zero-order valence-electron chi connectivity index (χ0n) is 9.86. The van der Waals surface area contributed by atoms with Crippen LogP contribution < -0.4 is 5.32 Å². The monoisotopic (exact) mass is 271 g/mol. The van der Waals surface area contributed by atoms with Gasteiger partial charge in [0.25, 0.3) is 0 Å². The fourth-order valence-electron chi connectivity index (χ4n) is 2.48. The van der Waals surface area contributed by atoms with Crippen LogP contribution in [0.3, 0.4) is 0 Å². The highest BCUT2D eigenvalue weighted by atomic mass is 35.5. The highest BCUT2D eigenvalue weighted by Crippen LogP contribution is 2.23. The van der Waals surface area contributed by atoms with Crippen LogP contribution in [0.5, 0.6) is 0 Å². The quantitative estimate of drug-likeness (QED) is 0.899. The molecule has 5 heteroatoms. The van der Waals surface area contributed by atoms with E-state index in [9.17, 15) is 0 Å². The van der Waals surface area contributed by atoms with Crippen molar-refractivity contribution in [1.82, 2.24) is 15.1 Å². The first-order valence-corrected chi connectivity index (χ1v) is 7.42. The van der Waals surface area contributed by atoms with Gasteiger partial charge >= 0.3 is 0 Å². The summed E-state index contributed by atoms with van der Waals surface area (Å²) < 4.78 is 0.902. The molecule has 1 aromatic rings. The Morgan fingerprint density at radius 2 is 2.00 bits per heavy atom. The molecule has 0 unspecified atom stereocenters. The maximum Gasteiger partial charge on any atom is 0.0931 e. The topological polar surface area (TPSA) is 18.5 Å². The predicted molar refractivity (Wildman–Crippen MR) is 72.8 cm³/mol. The smallest absolute Gasteiger partial charge is 0.0931 e. The largest absolute Gasteiger partial charge is 0.314 e. The minimum absolute atomic E-state index is 0.799. The number of rotatable bonds is 3. The van der Waals surface area contributed by atoms with Crippen LogP contribution in [0.1, 0.15) is 4.88 Å². The molecule has 1 N–H and O–H groups in total. The van der Waals surface area contributed by atoms with E-state index in [0.717, 1.165) is 16.9 Å². The van der Waals surface area contributed by atoms with Crippen LogP contribution >= 0.6 is 22.9 Å². The third kappa shape index (κ3) is 2.83. The zero-order chi connectivity index (χ0) is 11.7. The van der Waals surface area contributed by atoms with E-state index in [1.807, 2.05) is 6.07 Å². The number of thiophene rings is 1. The van der Waals surface area contributed by atoms with Gasteiger partial charge in [-0.05, 0) is 12.1 Å². The Bertz CT molecular complexity index is 370. The Morgan fingerprint density at radius 3 is 2.53 bits per heavy atom. The van der Waals surface area contributed by atoms with Crippen LogP contribution in [0, 0.1) is 0 Å². The molecular weight excluding hydrogens is 254 g/mol. The summed E-state index contributed by atoms with van der Waals surface area (Å²) in [6.45, 7) is 8.23. The Morgan fingerprint density at radius 1 is 1.24 bits per heavy atom. The van der Waals surface area contributed by atoms with Gasteiger partial charge in [0.2, 0.25) is 0 Å². The third-order valence-electron chi connectivity index (χ3n) is 3.69. The Hall–Kier alpha value is -0.130. The highest BCUT2D eigenvalue weighted by Gasteiger charge is 2.27. The van der Waals surface area contributed by atoms with Gasteiger partial charge in [0.05, 0.1) is 4.34 Å². The minimum Gasteiger partial charge on any atom is -0.314 e. The molecule has 0 aromatic carbocycles. The van der Waals surface area contributed by atoms with Crippen molar-refractivity contribution in [2.75, 3.05) is 39.3 Å². The highest BCUT2D eigenvalue weighted by molar-refractivity contribution is 7.16. The molecule has 3 nitrogen and oxygen atoms in total. The molecule has 0 amide bonds. The van der Waals surface area contributed by atoms with Crippen molar-refractivity contribution in [3.63, 3.8) is 0 Å². The first kappa shape index (κ1) is 11.9.